The van der Waals surface area contributed by atoms with Crippen LogP contribution in [0.15, 0.2) is 0 Å². The summed E-state index contributed by atoms with van der Waals surface area (Å²) in [5.41, 5.74) is 11.2. The molecule has 588 valence electrons. The normalized spacial score (nSPS) is 20.3. The molecule has 4 aliphatic heterocycles. The third-order valence-corrected chi connectivity index (χ3v) is 19.5. The van der Waals surface area contributed by atoms with Crippen molar-refractivity contribution in [3.63, 3.8) is 0 Å². The molecule has 0 aliphatic carbocycles. The van der Waals surface area contributed by atoms with Crippen LogP contribution in [0.25, 0.3) is 0 Å². The van der Waals surface area contributed by atoms with Gasteiger partial charge in [0.25, 0.3) is 0 Å². The molecule has 104 heavy (non-hydrogen) atoms. The number of phosphoric acid groups is 1. The SMILES string of the molecule is CC(C)C[C@H](NC(=O)[C@H](CCCCN)NC(=O)[C@@H]1CCCN1C(=O)CNC(=O)[C@@H]1CCCN1C(=O)[C@H](COP(=O)(O)O)NC(=O)[C@H](CO)NC(=O)[C@H](CC(C)C)NC(=O)[C@@H](NC(=O)[C@H](CO)NC(=O)[C@H](CC(C)C)NC(=O)CNC(=O)CNC(=O)CCCC[C@@H]1SC[C@@H]2NC(=O)N[C@@H]21)[C@@H](C)O)C(N)=O. The maximum absolute atomic E-state index is 14.3. The number of rotatable bonds is 45. The summed E-state index contributed by atoms with van der Waals surface area (Å²) in [5.74, 6) is -12.6. The van der Waals surface area contributed by atoms with Crippen LogP contribution >= 0.6 is 19.6 Å². The van der Waals surface area contributed by atoms with Gasteiger partial charge >= 0.3 is 13.9 Å². The lowest BCUT2D eigenvalue weighted by Crippen LogP contribution is -2.62. The lowest BCUT2D eigenvalue weighted by atomic mass is 10.0. The van der Waals surface area contributed by atoms with Crippen molar-refractivity contribution < 1.29 is 106 Å². The van der Waals surface area contributed by atoms with Crippen molar-refractivity contribution >= 4 is 108 Å². The van der Waals surface area contributed by atoms with Crippen LogP contribution in [0, 0.1) is 17.8 Å². The molecule has 0 aromatic heterocycles. The second kappa shape index (κ2) is 43.6. The fourth-order valence-electron chi connectivity index (χ4n) is 12.1. The van der Waals surface area contributed by atoms with Gasteiger partial charge in [0, 0.05) is 30.5 Å². The molecule has 0 unspecified atom stereocenters. The van der Waals surface area contributed by atoms with Crippen molar-refractivity contribution in [3.05, 3.63) is 0 Å². The van der Waals surface area contributed by atoms with Crippen LogP contribution in [-0.4, -0.2) is 272 Å². The number of aliphatic hydroxyl groups excluding tert-OH is 3. The molecule has 0 bridgehead atoms. The first-order valence-electron chi connectivity index (χ1n) is 35.1. The fourth-order valence-corrected chi connectivity index (χ4v) is 14.0. The predicted octanol–water partition coefficient (Wildman–Crippen LogP) is -6.85. The topological polar surface area (TPSA) is 598 Å². The third-order valence-electron chi connectivity index (χ3n) is 17.5. The number of aliphatic hydroxyl groups is 3. The summed E-state index contributed by atoms with van der Waals surface area (Å²) in [5, 5.41) is 63.9. The van der Waals surface area contributed by atoms with E-state index in [1.54, 1.807) is 39.5 Å². The molecule has 4 fully saturated rings. The first kappa shape index (κ1) is 88.5. The number of nitrogens with zero attached hydrogens (tertiary/aromatic N) is 2. The number of hydrogen-bond acceptors (Lipinski definition) is 22. The second-order valence-corrected chi connectivity index (χ2v) is 30.0. The Labute approximate surface area is 607 Å². The van der Waals surface area contributed by atoms with E-state index >= 15 is 0 Å². The maximum Gasteiger partial charge on any atom is 0.469 e. The van der Waals surface area contributed by atoms with Crippen LogP contribution in [0.4, 0.5) is 4.79 Å². The van der Waals surface area contributed by atoms with Crippen molar-refractivity contribution in [2.75, 3.05) is 64.8 Å². The highest BCUT2D eigenvalue weighted by molar-refractivity contribution is 8.00. The molecule has 22 N–H and O–H groups in total. The molecule has 4 heterocycles. The number of nitrogens with two attached hydrogens (primary N) is 2. The Morgan fingerprint density at radius 1 is 0.577 bits per heavy atom. The van der Waals surface area contributed by atoms with E-state index in [-0.39, 0.29) is 99.7 Å². The van der Waals surface area contributed by atoms with Gasteiger partial charge in [-0.2, -0.15) is 11.8 Å². The Kier molecular flexibility index (Phi) is 37.1. The van der Waals surface area contributed by atoms with Crippen LogP contribution in [0.5, 0.6) is 0 Å². The van der Waals surface area contributed by atoms with Gasteiger partial charge in [-0.25, -0.2) is 9.36 Å². The van der Waals surface area contributed by atoms with Gasteiger partial charge in [0.2, 0.25) is 82.7 Å². The van der Waals surface area contributed by atoms with Crippen molar-refractivity contribution in [1.29, 1.82) is 0 Å². The molecule has 4 aliphatic rings. The minimum absolute atomic E-state index is 0.0118. The number of likely N-dealkylation sites (tertiary alicyclic amines) is 2. The lowest BCUT2D eigenvalue weighted by molar-refractivity contribution is -0.143. The summed E-state index contributed by atoms with van der Waals surface area (Å²) in [6.07, 6.45) is 2.28. The van der Waals surface area contributed by atoms with Gasteiger partial charge in [-0.3, -0.25) is 71.6 Å². The molecule has 0 radical (unpaired) electrons. The van der Waals surface area contributed by atoms with E-state index in [1.165, 1.54) is 4.90 Å². The number of unbranched alkanes of at least 4 members (excludes halogenated alkanes) is 2. The van der Waals surface area contributed by atoms with E-state index < -0.39 is 202 Å². The van der Waals surface area contributed by atoms with Gasteiger partial charge in [-0.1, -0.05) is 48.0 Å². The molecule has 16 amide bonds. The largest absolute Gasteiger partial charge is 0.469 e. The van der Waals surface area contributed by atoms with Gasteiger partial charge in [0.15, 0.2) is 0 Å². The quantitative estimate of drug-likeness (QED) is 0.0153. The third kappa shape index (κ3) is 29.6. The Balaban J connectivity index is 1.34. The van der Waals surface area contributed by atoms with Crippen LogP contribution in [0.2, 0.25) is 0 Å². The Morgan fingerprint density at radius 3 is 1.65 bits per heavy atom. The van der Waals surface area contributed by atoms with Crippen LogP contribution in [0.1, 0.15) is 138 Å². The predicted molar refractivity (Wildman–Crippen MR) is 372 cm³/mol. The highest BCUT2D eigenvalue weighted by Crippen LogP contribution is 2.36. The number of fused-ring (bicyclic) bond motifs is 1. The first-order chi connectivity index (χ1) is 49.0. The van der Waals surface area contributed by atoms with Gasteiger partial charge < -0.3 is 115 Å². The zero-order chi connectivity index (χ0) is 77.7. The van der Waals surface area contributed by atoms with E-state index in [0.29, 0.717) is 32.2 Å². The molecular formula is C63H108N17O22PS. The number of thioether (sulfide) groups is 1. The standard InChI is InChI=1S/C63H108N17O22PS/c1-32(2)22-37(53(65)88)71-54(89)36(14-10-11-19-64)70-60(95)45-16-12-20-79(45)50(87)27-68-59(94)44-15-13-21-80(44)62(97)42(30-102-103(99,100)101)75-57(92)40(28-81)73-56(91)39(24-34(5)6)72-61(96)51(35(7)83)77-58(93)41(29-82)74-55(90)38(23-33(3)4)69-49(86)26-67-48(85)25-66-47(84)18-9-8-17-46-52-43(31-104-46)76-63(98)78-52/h32-46,51-52,81-83H,8-31,64H2,1-7H3,(H2,65,88)(H,66,84)(H,67,85)(H,68,94)(H,69,86)(H,70,95)(H,71,89)(H,72,96)(H,73,91)(H,74,90)(H,75,92)(H,77,93)(H2,76,78,98)(H2,99,100,101)/t35-,36+,37+,38+,39+,40+,41+,42+,43+,44+,45+,46+,51+,52+/m1/s1. The summed E-state index contributed by atoms with van der Waals surface area (Å²) >= 11 is 1.75. The van der Waals surface area contributed by atoms with Crippen LogP contribution in [0.3, 0.4) is 0 Å². The van der Waals surface area contributed by atoms with Gasteiger partial charge in [0.05, 0.1) is 57.6 Å². The summed E-state index contributed by atoms with van der Waals surface area (Å²) in [6.45, 7) is 6.40. The van der Waals surface area contributed by atoms with Crippen LogP contribution < -0.4 is 80.6 Å². The molecule has 41 heteroatoms. The molecule has 4 rings (SSSR count). The molecule has 14 atom stereocenters. The van der Waals surface area contributed by atoms with E-state index in [1.807, 2.05) is 13.8 Å². The Morgan fingerprint density at radius 2 is 1.09 bits per heavy atom. The minimum atomic E-state index is -5.40. The molecule has 0 saturated carbocycles. The monoisotopic (exact) mass is 1520 g/mol. The zero-order valence-corrected chi connectivity index (χ0v) is 61.6. The molecule has 0 aromatic rings. The lowest BCUT2D eigenvalue weighted by Gasteiger charge is -2.30. The van der Waals surface area contributed by atoms with Crippen molar-refractivity contribution in [1.82, 2.24) is 78.9 Å². The van der Waals surface area contributed by atoms with Crippen molar-refractivity contribution in [2.24, 2.45) is 29.2 Å². The fraction of sp³-hybridized carbons (Fsp3) is 0.762. The van der Waals surface area contributed by atoms with Gasteiger partial charge in [-0.15, -0.1) is 0 Å². The molecule has 39 nitrogen and oxygen atoms in total. The highest BCUT2D eigenvalue weighted by Gasteiger charge is 2.44. The molecule has 0 aromatic carbocycles. The summed E-state index contributed by atoms with van der Waals surface area (Å²) in [7, 11) is -5.40. The van der Waals surface area contributed by atoms with E-state index in [0.717, 1.165) is 30.4 Å². The second-order valence-electron chi connectivity index (χ2n) is 27.5. The van der Waals surface area contributed by atoms with Crippen molar-refractivity contribution in [2.45, 2.75) is 222 Å². The summed E-state index contributed by atoms with van der Waals surface area (Å²) in [4.78, 5) is 222. The molecule has 0 spiro atoms. The molecule has 4 saturated heterocycles. The van der Waals surface area contributed by atoms with Crippen molar-refractivity contribution in [3.8, 4) is 0 Å². The first-order valence-corrected chi connectivity index (χ1v) is 37.7. The number of nitrogens with one attached hydrogen (secondary N) is 13. The average Bonchev–Trinajstić information content (AvgIpc) is 1.68. The highest BCUT2D eigenvalue weighted by atomic mass is 32.2. The van der Waals surface area contributed by atoms with E-state index in [9.17, 15) is 102 Å². The Hall–Kier alpha value is -7.85. The van der Waals surface area contributed by atoms with E-state index in [2.05, 4.69) is 73.6 Å². The van der Waals surface area contributed by atoms with Crippen LogP contribution in [-0.2, 0) is 76.2 Å². The number of carbonyl (C=O) groups excluding carboxylic acids is 15. The Bertz CT molecular complexity index is 3060. The zero-order valence-electron chi connectivity index (χ0n) is 59.9. The number of phosphoric ester groups is 1. The van der Waals surface area contributed by atoms with Gasteiger partial charge in [-0.05, 0) is 108 Å². The maximum atomic E-state index is 14.3. The summed E-state index contributed by atoms with van der Waals surface area (Å²) < 4.78 is 16.6. The average molecular weight is 1520 g/mol. The van der Waals surface area contributed by atoms with E-state index in [4.69, 9.17) is 11.5 Å². The number of amides is 16. The number of urea groups is 1. The number of primary amides is 1. The summed E-state index contributed by atoms with van der Waals surface area (Å²) in [6, 6.07) is -15.3. The van der Waals surface area contributed by atoms with Gasteiger partial charge in [0.1, 0.15) is 60.4 Å². The minimum Gasteiger partial charge on any atom is -0.394 e. The molecular weight excluding hydrogens is 1410 g/mol. The number of hydrogen-bond donors (Lipinski definition) is 20. The smallest absolute Gasteiger partial charge is 0.394 e. The number of carbonyl (C=O) groups is 15.